The highest BCUT2D eigenvalue weighted by Crippen LogP contribution is 2.59. The lowest BCUT2D eigenvalue weighted by atomic mass is 9.60. The predicted octanol–water partition coefficient (Wildman–Crippen LogP) is 4.04. The number of rotatable bonds is 3. The highest BCUT2D eigenvalue weighted by Gasteiger charge is 2.54. The first-order valence-electron chi connectivity index (χ1n) is 9.85. The van der Waals surface area contributed by atoms with Crippen LogP contribution in [0.5, 0.6) is 0 Å². The van der Waals surface area contributed by atoms with E-state index in [0.717, 1.165) is 25.0 Å². The number of pyridine rings is 1. The van der Waals surface area contributed by atoms with E-state index in [4.69, 9.17) is 0 Å². The van der Waals surface area contributed by atoms with Crippen LogP contribution in [0.3, 0.4) is 0 Å². The maximum Gasteiger partial charge on any atom is 0.407 e. The van der Waals surface area contributed by atoms with Gasteiger partial charge in [0, 0.05) is 36.3 Å². The van der Waals surface area contributed by atoms with Crippen LogP contribution in [0.25, 0.3) is 0 Å². The number of hydrogen-bond acceptors (Lipinski definition) is 4. The Labute approximate surface area is 170 Å². The van der Waals surface area contributed by atoms with E-state index >= 15 is 0 Å². The molecule has 154 valence electrons. The number of fused-ring (bicyclic) bond motifs is 1. The second kappa shape index (κ2) is 7.34. The summed E-state index contributed by atoms with van der Waals surface area (Å²) in [7, 11) is 0. The average molecular weight is 406 g/mol. The van der Waals surface area contributed by atoms with Gasteiger partial charge in [0.1, 0.15) is 16.1 Å². The van der Waals surface area contributed by atoms with E-state index in [2.05, 4.69) is 29.3 Å². The van der Waals surface area contributed by atoms with Crippen LogP contribution in [0.2, 0.25) is 0 Å². The molecule has 2 atom stereocenters. The molecule has 1 spiro atoms. The fraction of sp³-hybridized carbons (Fsp3) is 0.667. The van der Waals surface area contributed by atoms with Gasteiger partial charge in [-0.25, -0.2) is 4.79 Å². The molecule has 2 aliphatic rings. The predicted molar refractivity (Wildman–Crippen MR) is 112 cm³/mol. The monoisotopic (exact) mass is 405 g/mol. The number of carbonyl (C=O) groups is 1. The Morgan fingerprint density at radius 3 is 2.57 bits per heavy atom. The lowest BCUT2D eigenvalue weighted by Gasteiger charge is -2.47. The Morgan fingerprint density at radius 2 is 2.00 bits per heavy atom. The number of carboxylic acid groups (broad SMARTS) is 1. The van der Waals surface area contributed by atoms with Crippen molar-refractivity contribution in [3.8, 4) is 0 Å². The molecule has 1 amide bonds. The van der Waals surface area contributed by atoms with Gasteiger partial charge < -0.3 is 14.6 Å². The van der Waals surface area contributed by atoms with E-state index in [-0.39, 0.29) is 16.7 Å². The van der Waals surface area contributed by atoms with E-state index in [1.807, 2.05) is 39.2 Å². The van der Waals surface area contributed by atoms with Crippen LogP contribution < -0.4 is 0 Å². The highest BCUT2D eigenvalue weighted by molar-refractivity contribution is 7.91. The summed E-state index contributed by atoms with van der Waals surface area (Å²) in [6.07, 6.45) is 5.33. The molecule has 2 heterocycles. The van der Waals surface area contributed by atoms with Gasteiger partial charge in [-0.15, -0.1) is 0 Å². The second-order valence-electron chi connectivity index (χ2n) is 9.70. The maximum absolute atomic E-state index is 12.5. The Kier molecular flexibility index (Phi) is 5.53. The summed E-state index contributed by atoms with van der Waals surface area (Å²) in [5, 5.41) is 9.35. The summed E-state index contributed by atoms with van der Waals surface area (Å²) in [6.45, 7) is 11.1. The standard InChI is InChI=1S/C21H31N3O3S/c1-19(2,3)28(27)23-14-20(4,5)17-15-7-6-10-22-16(15)13-21(17)8-11-24(12-9-21)18(25)26/h6-7,10,14,17H,8-9,11-13H2,1-5H3,(H,25,26). The average Bonchev–Trinajstić information content (AvgIpc) is 2.93. The number of piperidine rings is 1. The van der Waals surface area contributed by atoms with Crippen LogP contribution in [-0.4, -0.2) is 49.7 Å². The molecule has 6 nitrogen and oxygen atoms in total. The van der Waals surface area contributed by atoms with E-state index in [0.29, 0.717) is 13.1 Å². The Balaban J connectivity index is 1.94. The van der Waals surface area contributed by atoms with Gasteiger partial charge in [0.2, 0.25) is 0 Å². The van der Waals surface area contributed by atoms with E-state index in [9.17, 15) is 14.5 Å². The van der Waals surface area contributed by atoms with Gasteiger partial charge in [0.05, 0.1) is 6.21 Å². The van der Waals surface area contributed by atoms with Crippen LogP contribution in [0, 0.1) is 10.8 Å². The lowest BCUT2D eigenvalue weighted by Crippen LogP contribution is -2.47. The smallest absolute Gasteiger partial charge is 0.407 e. The summed E-state index contributed by atoms with van der Waals surface area (Å²) in [6, 6.07) is 4.11. The van der Waals surface area contributed by atoms with Crippen molar-refractivity contribution in [2.24, 2.45) is 15.2 Å². The Morgan fingerprint density at radius 1 is 1.36 bits per heavy atom. The van der Waals surface area contributed by atoms with Crippen molar-refractivity contribution >= 4 is 23.7 Å². The number of amides is 1. The first kappa shape index (κ1) is 21.1. The number of hydrogen-bond donors (Lipinski definition) is 1. The molecule has 1 saturated heterocycles. The minimum Gasteiger partial charge on any atom is -0.591 e. The fourth-order valence-electron chi connectivity index (χ4n) is 4.84. The van der Waals surface area contributed by atoms with Crippen molar-refractivity contribution in [2.45, 2.75) is 64.5 Å². The van der Waals surface area contributed by atoms with E-state index in [1.54, 1.807) is 0 Å². The molecule has 1 aliphatic carbocycles. The summed E-state index contributed by atoms with van der Waals surface area (Å²) >= 11 is -1.30. The topological polar surface area (TPSA) is 88.9 Å². The van der Waals surface area contributed by atoms with Crippen molar-refractivity contribution in [1.82, 2.24) is 9.88 Å². The quantitative estimate of drug-likeness (QED) is 0.607. The van der Waals surface area contributed by atoms with E-state index in [1.165, 1.54) is 10.5 Å². The molecule has 1 aliphatic heterocycles. The van der Waals surface area contributed by atoms with Crippen molar-refractivity contribution in [1.29, 1.82) is 0 Å². The molecule has 0 radical (unpaired) electrons. The normalized spacial score (nSPS) is 23.2. The summed E-state index contributed by atoms with van der Waals surface area (Å²) in [4.78, 5) is 17.5. The Hall–Kier alpha value is -1.60. The third-order valence-corrected chi connectivity index (χ3v) is 7.49. The van der Waals surface area contributed by atoms with Crippen LogP contribution in [0.1, 0.15) is 64.6 Å². The zero-order chi connectivity index (χ0) is 20.7. The Bertz CT molecular complexity index is 764. The number of aromatic nitrogens is 1. The van der Waals surface area contributed by atoms with Gasteiger partial charge in [-0.3, -0.25) is 4.98 Å². The largest absolute Gasteiger partial charge is 0.591 e. The molecule has 0 saturated carbocycles. The zero-order valence-electron chi connectivity index (χ0n) is 17.4. The number of nitrogens with zero attached hydrogens (tertiary/aromatic N) is 3. The first-order chi connectivity index (χ1) is 13.0. The van der Waals surface area contributed by atoms with Crippen molar-refractivity contribution < 1.29 is 14.5 Å². The molecule has 28 heavy (non-hydrogen) atoms. The zero-order valence-corrected chi connectivity index (χ0v) is 18.3. The summed E-state index contributed by atoms with van der Waals surface area (Å²) in [5.74, 6) is 0.167. The van der Waals surface area contributed by atoms with Gasteiger partial charge in [0.25, 0.3) is 0 Å². The minimum atomic E-state index is -1.30. The molecule has 0 bridgehead atoms. The SMILES string of the molecule is CC(C)(C=N[S+]([O-])C(C)(C)C)C1c2cccnc2CC12CCN(C(=O)O)CC2. The summed E-state index contributed by atoms with van der Waals surface area (Å²) < 4.78 is 16.5. The highest BCUT2D eigenvalue weighted by atomic mass is 32.2. The van der Waals surface area contributed by atoms with Crippen LogP contribution >= 0.6 is 0 Å². The van der Waals surface area contributed by atoms with Gasteiger partial charge in [-0.1, -0.05) is 24.3 Å². The van der Waals surface area contributed by atoms with Crippen LogP contribution in [0.4, 0.5) is 4.79 Å². The molecule has 2 unspecified atom stereocenters. The molecular weight excluding hydrogens is 374 g/mol. The minimum absolute atomic E-state index is 0.0403. The molecule has 0 aromatic carbocycles. The van der Waals surface area contributed by atoms with Crippen LogP contribution in [-0.2, 0) is 17.8 Å². The first-order valence-corrected chi connectivity index (χ1v) is 11.0. The third kappa shape index (κ3) is 3.92. The summed E-state index contributed by atoms with van der Waals surface area (Å²) in [5.41, 5.74) is 1.97. The van der Waals surface area contributed by atoms with Gasteiger partial charge >= 0.3 is 6.09 Å². The van der Waals surface area contributed by atoms with E-state index < -0.39 is 22.2 Å². The molecule has 1 N–H and O–H groups in total. The van der Waals surface area contributed by atoms with Gasteiger partial charge in [0.15, 0.2) is 0 Å². The molecular formula is C21H31N3O3S. The maximum atomic E-state index is 12.5. The molecule has 3 rings (SSSR count). The lowest BCUT2D eigenvalue weighted by molar-refractivity contribution is 0.0604. The van der Waals surface area contributed by atoms with Gasteiger partial charge in [-0.2, -0.15) is 0 Å². The molecule has 1 aromatic rings. The van der Waals surface area contributed by atoms with Gasteiger partial charge in [-0.05, 0) is 57.1 Å². The molecule has 7 heteroatoms. The fourth-order valence-corrected chi connectivity index (χ4v) is 5.53. The van der Waals surface area contributed by atoms with Crippen molar-refractivity contribution in [2.75, 3.05) is 13.1 Å². The molecule has 1 aromatic heterocycles. The second-order valence-corrected chi connectivity index (χ2v) is 11.6. The van der Waals surface area contributed by atoms with Crippen molar-refractivity contribution in [3.05, 3.63) is 29.6 Å². The number of likely N-dealkylation sites (tertiary alicyclic amines) is 1. The van der Waals surface area contributed by atoms with Crippen molar-refractivity contribution in [3.63, 3.8) is 0 Å². The van der Waals surface area contributed by atoms with Crippen LogP contribution in [0.15, 0.2) is 22.7 Å². The molecule has 1 fully saturated rings. The third-order valence-electron chi connectivity index (χ3n) is 6.15.